The van der Waals surface area contributed by atoms with E-state index in [0.29, 0.717) is 16.5 Å². The fraction of sp³-hybridized carbons (Fsp3) is 0.0833. The first-order valence-electron chi connectivity index (χ1n) is 5.01. The molecule has 0 saturated heterocycles. The molecule has 1 aromatic carbocycles. The highest BCUT2D eigenvalue weighted by molar-refractivity contribution is 6.32. The average Bonchev–Trinajstić information content (AvgIpc) is 2.34. The Morgan fingerprint density at radius 1 is 1.35 bits per heavy atom. The Kier molecular flexibility index (Phi) is 3.35. The van der Waals surface area contributed by atoms with Gasteiger partial charge in [0.2, 0.25) is 0 Å². The zero-order valence-corrected chi connectivity index (χ0v) is 10.0. The van der Waals surface area contributed by atoms with E-state index in [1.807, 2.05) is 12.1 Å². The smallest absolute Gasteiger partial charge is 0.139 e. The van der Waals surface area contributed by atoms with Crippen LogP contribution >= 0.6 is 11.6 Å². The molecule has 0 radical (unpaired) electrons. The van der Waals surface area contributed by atoms with Crippen molar-refractivity contribution in [3.63, 3.8) is 0 Å². The number of aromatic nitrogens is 1. The number of nitrogens with zero attached hydrogens (tertiary/aromatic N) is 1. The zero-order chi connectivity index (χ0) is 12.3. The first-order valence-corrected chi connectivity index (χ1v) is 5.38. The molecule has 2 aromatic rings. The number of anilines is 3. The van der Waals surface area contributed by atoms with Crippen LogP contribution in [0.4, 0.5) is 17.1 Å². The zero-order valence-electron chi connectivity index (χ0n) is 9.27. The van der Waals surface area contributed by atoms with E-state index >= 15 is 0 Å². The van der Waals surface area contributed by atoms with Crippen molar-refractivity contribution in [2.24, 2.45) is 0 Å². The average molecular weight is 250 g/mol. The van der Waals surface area contributed by atoms with Crippen LogP contribution in [-0.4, -0.2) is 12.1 Å². The second-order valence-electron chi connectivity index (χ2n) is 3.44. The van der Waals surface area contributed by atoms with Crippen LogP contribution in [0.2, 0.25) is 5.02 Å². The highest BCUT2D eigenvalue weighted by Gasteiger charge is 2.03. The number of benzene rings is 1. The van der Waals surface area contributed by atoms with Gasteiger partial charge in [-0.25, -0.2) is 0 Å². The fourth-order valence-electron chi connectivity index (χ4n) is 1.41. The van der Waals surface area contributed by atoms with Gasteiger partial charge in [-0.05, 0) is 18.2 Å². The lowest BCUT2D eigenvalue weighted by molar-refractivity contribution is 0.415. The van der Waals surface area contributed by atoms with Crippen LogP contribution in [0.1, 0.15) is 0 Å². The number of methoxy groups -OCH3 is 1. The van der Waals surface area contributed by atoms with Gasteiger partial charge < -0.3 is 15.8 Å². The molecule has 0 atom stereocenters. The summed E-state index contributed by atoms with van der Waals surface area (Å²) in [6.45, 7) is 0. The fourth-order valence-corrected chi connectivity index (χ4v) is 1.61. The molecule has 5 heteroatoms. The van der Waals surface area contributed by atoms with Crippen LogP contribution in [0.25, 0.3) is 0 Å². The van der Waals surface area contributed by atoms with Crippen molar-refractivity contribution < 1.29 is 4.74 Å². The SMILES string of the molecule is COc1cc(Nc2ccncc2N)ccc1Cl. The van der Waals surface area contributed by atoms with E-state index in [9.17, 15) is 0 Å². The largest absolute Gasteiger partial charge is 0.495 e. The molecule has 0 spiro atoms. The minimum absolute atomic E-state index is 0.570. The van der Waals surface area contributed by atoms with E-state index in [0.717, 1.165) is 11.4 Å². The van der Waals surface area contributed by atoms with Gasteiger partial charge in [-0.15, -0.1) is 0 Å². The third-order valence-electron chi connectivity index (χ3n) is 2.28. The Hall–Kier alpha value is -1.94. The molecular formula is C12H12ClN3O. The Morgan fingerprint density at radius 3 is 2.88 bits per heavy atom. The summed E-state index contributed by atoms with van der Waals surface area (Å²) >= 11 is 5.94. The third-order valence-corrected chi connectivity index (χ3v) is 2.59. The summed E-state index contributed by atoms with van der Waals surface area (Å²) in [5.41, 5.74) is 8.02. The lowest BCUT2D eigenvalue weighted by atomic mass is 10.2. The van der Waals surface area contributed by atoms with Crippen LogP contribution in [0.15, 0.2) is 36.7 Å². The summed E-state index contributed by atoms with van der Waals surface area (Å²) in [5.74, 6) is 0.615. The molecule has 0 amide bonds. The van der Waals surface area contributed by atoms with Crippen molar-refractivity contribution in [3.05, 3.63) is 41.7 Å². The topological polar surface area (TPSA) is 60.2 Å². The maximum atomic E-state index is 5.94. The predicted octanol–water partition coefficient (Wildman–Crippen LogP) is 3.07. The van der Waals surface area contributed by atoms with Crippen molar-refractivity contribution in [1.82, 2.24) is 4.98 Å². The lowest BCUT2D eigenvalue weighted by Crippen LogP contribution is -1.97. The quantitative estimate of drug-likeness (QED) is 0.878. The molecular weight excluding hydrogens is 238 g/mol. The molecule has 1 aromatic heterocycles. The lowest BCUT2D eigenvalue weighted by Gasteiger charge is -2.10. The standard InChI is InChI=1S/C12H12ClN3O/c1-17-12-6-8(2-3-9(12)13)16-11-4-5-15-7-10(11)14/h2-7H,14H2,1H3,(H,15,16). The van der Waals surface area contributed by atoms with Gasteiger partial charge in [-0.3, -0.25) is 4.98 Å². The molecule has 0 unspecified atom stereocenters. The highest BCUT2D eigenvalue weighted by Crippen LogP contribution is 2.30. The maximum Gasteiger partial charge on any atom is 0.139 e. The number of nitrogens with one attached hydrogen (secondary N) is 1. The van der Waals surface area contributed by atoms with Crippen molar-refractivity contribution in [2.45, 2.75) is 0 Å². The molecule has 0 aliphatic heterocycles. The summed E-state index contributed by atoms with van der Waals surface area (Å²) in [5, 5.41) is 3.74. The number of hydrogen-bond acceptors (Lipinski definition) is 4. The molecule has 0 aliphatic rings. The van der Waals surface area contributed by atoms with Crippen molar-refractivity contribution in [1.29, 1.82) is 0 Å². The summed E-state index contributed by atoms with van der Waals surface area (Å²) in [7, 11) is 1.58. The van der Waals surface area contributed by atoms with Crippen molar-refractivity contribution in [2.75, 3.05) is 18.2 Å². The first kappa shape index (κ1) is 11.5. The predicted molar refractivity (Wildman–Crippen MR) is 69.9 cm³/mol. The third kappa shape index (κ3) is 2.60. The normalized spacial score (nSPS) is 10.0. The van der Waals surface area contributed by atoms with E-state index in [1.165, 1.54) is 0 Å². The van der Waals surface area contributed by atoms with Gasteiger partial charge in [0.1, 0.15) is 5.75 Å². The van der Waals surface area contributed by atoms with Crippen LogP contribution < -0.4 is 15.8 Å². The van der Waals surface area contributed by atoms with Crippen molar-refractivity contribution in [3.8, 4) is 5.75 Å². The Morgan fingerprint density at radius 2 is 2.18 bits per heavy atom. The van der Waals surface area contributed by atoms with E-state index in [-0.39, 0.29) is 0 Å². The van der Waals surface area contributed by atoms with Gasteiger partial charge in [-0.1, -0.05) is 11.6 Å². The summed E-state index contributed by atoms with van der Waals surface area (Å²) in [6.07, 6.45) is 3.27. The van der Waals surface area contributed by atoms with Gasteiger partial charge in [-0.2, -0.15) is 0 Å². The summed E-state index contributed by atoms with van der Waals surface area (Å²) in [6, 6.07) is 7.23. The molecule has 4 nitrogen and oxygen atoms in total. The van der Waals surface area contributed by atoms with Crippen LogP contribution in [0, 0.1) is 0 Å². The Labute approximate surface area is 104 Å². The number of nitrogen functional groups attached to an aromatic ring is 1. The molecule has 0 bridgehead atoms. The summed E-state index contributed by atoms with van der Waals surface area (Å²) in [4.78, 5) is 3.92. The number of halogens is 1. The van der Waals surface area contributed by atoms with Gasteiger partial charge >= 0.3 is 0 Å². The first-order chi connectivity index (χ1) is 8.20. The second kappa shape index (κ2) is 4.93. The van der Waals surface area contributed by atoms with Gasteiger partial charge in [0.25, 0.3) is 0 Å². The molecule has 0 fully saturated rings. The number of hydrogen-bond donors (Lipinski definition) is 2. The maximum absolute atomic E-state index is 5.94. The van der Waals surface area contributed by atoms with Gasteiger partial charge in [0.15, 0.2) is 0 Å². The van der Waals surface area contributed by atoms with Gasteiger partial charge in [0, 0.05) is 18.0 Å². The Balaban J connectivity index is 2.28. The van der Waals surface area contributed by atoms with Crippen LogP contribution in [0.5, 0.6) is 5.75 Å². The number of nitrogens with two attached hydrogens (primary N) is 1. The highest BCUT2D eigenvalue weighted by atomic mass is 35.5. The van der Waals surface area contributed by atoms with E-state index < -0.39 is 0 Å². The number of pyridine rings is 1. The summed E-state index contributed by atoms with van der Waals surface area (Å²) < 4.78 is 5.14. The minimum atomic E-state index is 0.570. The molecule has 17 heavy (non-hydrogen) atoms. The van der Waals surface area contributed by atoms with E-state index in [1.54, 1.807) is 31.6 Å². The molecule has 0 saturated carbocycles. The van der Waals surface area contributed by atoms with Crippen molar-refractivity contribution >= 4 is 28.7 Å². The molecule has 0 aliphatic carbocycles. The second-order valence-corrected chi connectivity index (χ2v) is 3.84. The minimum Gasteiger partial charge on any atom is -0.495 e. The molecule has 1 heterocycles. The molecule has 3 N–H and O–H groups in total. The van der Waals surface area contributed by atoms with Crippen LogP contribution in [-0.2, 0) is 0 Å². The van der Waals surface area contributed by atoms with E-state index in [2.05, 4.69) is 10.3 Å². The van der Waals surface area contributed by atoms with Crippen LogP contribution in [0.3, 0.4) is 0 Å². The number of rotatable bonds is 3. The molecule has 2 rings (SSSR count). The Bertz CT molecular complexity index is 531. The molecule has 88 valence electrons. The van der Waals surface area contributed by atoms with Gasteiger partial charge in [0.05, 0.1) is 29.7 Å². The number of ether oxygens (including phenoxy) is 1. The van der Waals surface area contributed by atoms with E-state index in [4.69, 9.17) is 22.1 Å². The monoisotopic (exact) mass is 249 g/mol.